The number of hydrogen-bond donors (Lipinski definition) is 2. The van der Waals surface area contributed by atoms with Crippen LogP contribution in [-0.2, 0) is 10.0 Å². The number of amides is 1. The van der Waals surface area contributed by atoms with Crippen LogP contribution in [-0.4, -0.2) is 65.9 Å². The molecule has 3 N–H and O–H groups in total. The molecule has 10 heteroatoms. The van der Waals surface area contributed by atoms with Gasteiger partial charge in [0, 0.05) is 26.2 Å². The molecule has 0 aliphatic carbocycles. The number of nitrogens with zero attached hydrogens (tertiary/aromatic N) is 4. The van der Waals surface area contributed by atoms with Gasteiger partial charge in [-0.2, -0.15) is 4.31 Å². The first-order valence-electron chi connectivity index (χ1n) is 5.95. The van der Waals surface area contributed by atoms with Crippen molar-refractivity contribution in [2.45, 2.75) is 0 Å². The third-order valence-corrected chi connectivity index (χ3v) is 4.32. The fraction of sp³-hybridized carbons (Fsp3) is 0.500. The lowest BCUT2D eigenvalue weighted by atomic mass is 10.3. The highest BCUT2D eigenvalue weighted by atomic mass is 32.2. The summed E-state index contributed by atoms with van der Waals surface area (Å²) >= 11 is 0. The van der Waals surface area contributed by atoms with Gasteiger partial charge in [-0.15, -0.1) is 0 Å². The summed E-state index contributed by atoms with van der Waals surface area (Å²) in [4.78, 5) is 21.6. The molecule has 0 unspecified atom stereocenters. The SMILES string of the molecule is CS(=O)(=O)N1CCN(C(=O)c2cnc(NN)cn2)CC1. The van der Waals surface area contributed by atoms with Crippen molar-refractivity contribution in [3.05, 3.63) is 18.1 Å². The Morgan fingerprint density at radius 2 is 1.90 bits per heavy atom. The van der Waals surface area contributed by atoms with Crippen LogP contribution in [0, 0.1) is 0 Å². The summed E-state index contributed by atoms with van der Waals surface area (Å²) in [7, 11) is -3.20. The molecular weight excluding hydrogens is 284 g/mol. The van der Waals surface area contributed by atoms with Crippen molar-refractivity contribution < 1.29 is 13.2 Å². The average molecular weight is 300 g/mol. The smallest absolute Gasteiger partial charge is 0.274 e. The second-order valence-electron chi connectivity index (χ2n) is 4.39. The minimum absolute atomic E-state index is 0.205. The fourth-order valence-corrected chi connectivity index (χ4v) is 2.72. The highest BCUT2D eigenvalue weighted by Crippen LogP contribution is 2.09. The van der Waals surface area contributed by atoms with Gasteiger partial charge in [0.25, 0.3) is 5.91 Å². The maximum absolute atomic E-state index is 12.2. The van der Waals surface area contributed by atoms with E-state index in [4.69, 9.17) is 5.84 Å². The van der Waals surface area contributed by atoms with Crippen LogP contribution < -0.4 is 11.3 Å². The van der Waals surface area contributed by atoms with Crippen LogP contribution in [0.15, 0.2) is 12.4 Å². The number of rotatable bonds is 3. The van der Waals surface area contributed by atoms with Crippen molar-refractivity contribution >= 4 is 21.7 Å². The Morgan fingerprint density at radius 3 is 2.35 bits per heavy atom. The van der Waals surface area contributed by atoms with Crippen LogP contribution in [0.2, 0.25) is 0 Å². The lowest BCUT2D eigenvalue weighted by molar-refractivity contribution is 0.0692. The maximum Gasteiger partial charge on any atom is 0.274 e. The molecule has 0 atom stereocenters. The normalized spacial score (nSPS) is 17.0. The number of nitrogen functional groups attached to an aromatic ring is 1. The highest BCUT2D eigenvalue weighted by Gasteiger charge is 2.27. The summed E-state index contributed by atoms with van der Waals surface area (Å²) in [5, 5.41) is 0. The number of carbonyl (C=O) groups is 1. The van der Waals surface area contributed by atoms with Gasteiger partial charge < -0.3 is 10.3 Å². The summed E-state index contributed by atoms with van der Waals surface area (Å²) < 4.78 is 24.1. The summed E-state index contributed by atoms with van der Waals surface area (Å²) in [5.41, 5.74) is 2.53. The zero-order valence-corrected chi connectivity index (χ0v) is 11.8. The first kappa shape index (κ1) is 14.6. The second kappa shape index (κ2) is 5.69. The van der Waals surface area contributed by atoms with Gasteiger partial charge in [-0.1, -0.05) is 0 Å². The molecule has 110 valence electrons. The van der Waals surface area contributed by atoms with E-state index >= 15 is 0 Å². The van der Waals surface area contributed by atoms with Crippen molar-refractivity contribution in [2.75, 3.05) is 37.9 Å². The molecule has 0 bridgehead atoms. The molecule has 2 heterocycles. The first-order valence-corrected chi connectivity index (χ1v) is 7.79. The summed E-state index contributed by atoms with van der Waals surface area (Å²) in [6.45, 7) is 1.26. The van der Waals surface area contributed by atoms with Crippen molar-refractivity contribution in [1.29, 1.82) is 0 Å². The van der Waals surface area contributed by atoms with Crippen molar-refractivity contribution in [3.8, 4) is 0 Å². The van der Waals surface area contributed by atoms with E-state index in [0.717, 1.165) is 6.26 Å². The van der Waals surface area contributed by atoms with Gasteiger partial charge in [-0.3, -0.25) is 4.79 Å². The quantitative estimate of drug-likeness (QED) is 0.513. The molecule has 0 aromatic carbocycles. The van der Waals surface area contributed by atoms with E-state index in [9.17, 15) is 13.2 Å². The zero-order chi connectivity index (χ0) is 14.8. The molecule has 1 aliphatic heterocycles. The third-order valence-electron chi connectivity index (χ3n) is 3.01. The van der Waals surface area contributed by atoms with Crippen LogP contribution in [0.1, 0.15) is 10.5 Å². The second-order valence-corrected chi connectivity index (χ2v) is 6.37. The van der Waals surface area contributed by atoms with Gasteiger partial charge in [0.05, 0.1) is 18.6 Å². The van der Waals surface area contributed by atoms with Crippen LogP contribution >= 0.6 is 0 Å². The van der Waals surface area contributed by atoms with Crippen LogP contribution in [0.4, 0.5) is 5.82 Å². The molecule has 2 rings (SSSR count). The third kappa shape index (κ3) is 3.21. The Morgan fingerprint density at radius 1 is 1.25 bits per heavy atom. The molecule has 1 aromatic rings. The first-order chi connectivity index (χ1) is 9.41. The number of carbonyl (C=O) groups excluding carboxylic acids is 1. The molecule has 1 aliphatic rings. The van der Waals surface area contributed by atoms with Gasteiger partial charge in [0.2, 0.25) is 10.0 Å². The highest BCUT2D eigenvalue weighted by molar-refractivity contribution is 7.88. The predicted octanol–water partition coefficient (Wildman–Crippen LogP) is -1.52. The molecule has 0 radical (unpaired) electrons. The monoisotopic (exact) mass is 300 g/mol. The number of aromatic nitrogens is 2. The van der Waals surface area contributed by atoms with Crippen molar-refractivity contribution in [1.82, 2.24) is 19.2 Å². The van der Waals surface area contributed by atoms with E-state index in [-0.39, 0.29) is 11.6 Å². The maximum atomic E-state index is 12.2. The molecule has 0 saturated carbocycles. The van der Waals surface area contributed by atoms with E-state index in [2.05, 4.69) is 15.4 Å². The number of sulfonamides is 1. The lowest BCUT2D eigenvalue weighted by Gasteiger charge is -2.32. The van der Waals surface area contributed by atoms with Gasteiger partial charge in [-0.05, 0) is 0 Å². The number of nitrogens with two attached hydrogens (primary N) is 1. The number of hydrogen-bond acceptors (Lipinski definition) is 7. The largest absolute Gasteiger partial charge is 0.335 e. The molecule has 9 nitrogen and oxygen atoms in total. The van der Waals surface area contributed by atoms with Crippen LogP contribution in [0.25, 0.3) is 0 Å². The van der Waals surface area contributed by atoms with Gasteiger partial charge in [0.15, 0.2) is 5.82 Å². The van der Waals surface area contributed by atoms with Gasteiger partial charge in [-0.25, -0.2) is 24.2 Å². The Balaban J connectivity index is 2.01. The molecule has 1 saturated heterocycles. The average Bonchev–Trinajstić information content (AvgIpc) is 2.46. The van der Waals surface area contributed by atoms with Crippen molar-refractivity contribution in [3.63, 3.8) is 0 Å². The van der Waals surface area contributed by atoms with E-state index in [0.29, 0.717) is 32.0 Å². The molecule has 1 amide bonds. The molecule has 1 aromatic heterocycles. The van der Waals surface area contributed by atoms with E-state index in [1.807, 2.05) is 0 Å². The van der Waals surface area contributed by atoms with E-state index in [1.54, 1.807) is 4.90 Å². The fourth-order valence-electron chi connectivity index (χ4n) is 1.90. The Hall–Kier alpha value is -1.78. The molecule has 20 heavy (non-hydrogen) atoms. The summed E-state index contributed by atoms with van der Waals surface area (Å²) in [6.07, 6.45) is 3.86. The Labute approximate surface area is 116 Å². The Kier molecular flexibility index (Phi) is 4.16. The molecule has 0 spiro atoms. The summed E-state index contributed by atoms with van der Waals surface area (Å²) in [6, 6.07) is 0. The van der Waals surface area contributed by atoms with Gasteiger partial charge >= 0.3 is 0 Å². The van der Waals surface area contributed by atoms with Crippen LogP contribution in [0.3, 0.4) is 0 Å². The van der Waals surface area contributed by atoms with Crippen LogP contribution in [0.5, 0.6) is 0 Å². The number of anilines is 1. The zero-order valence-electron chi connectivity index (χ0n) is 11.0. The van der Waals surface area contributed by atoms with E-state index < -0.39 is 10.0 Å². The van der Waals surface area contributed by atoms with E-state index in [1.165, 1.54) is 16.7 Å². The number of piperazine rings is 1. The number of hydrazine groups is 1. The van der Waals surface area contributed by atoms with Gasteiger partial charge in [0.1, 0.15) is 5.69 Å². The molecule has 1 fully saturated rings. The summed E-state index contributed by atoms with van der Waals surface area (Å²) in [5.74, 6) is 5.26. The Bertz CT molecular complexity index is 580. The predicted molar refractivity (Wildman–Crippen MR) is 72.2 cm³/mol. The topological polar surface area (TPSA) is 122 Å². The minimum Gasteiger partial charge on any atom is -0.335 e. The minimum atomic E-state index is -3.20. The van der Waals surface area contributed by atoms with Crippen molar-refractivity contribution in [2.24, 2.45) is 5.84 Å². The number of nitrogens with one attached hydrogen (secondary N) is 1. The standard InChI is InChI=1S/C10H16N6O3S/c1-20(18,19)16-4-2-15(3-5-16)10(17)8-6-13-9(14-11)7-12-8/h6-7H,2-5,11H2,1H3,(H,13,14). The molecular formula is C10H16N6O3S. The lowest BCUT2D eigenvalue weighted by Crippen LogP contribution is -2.50.